The number of carboxylic acids is 1. The number of aromatic carboxylic acids is 1. The molecule has 0 spiro atoms. The summed E-state index contributed by atoms with van der Waals surface area (Å²) in [6.45, 7) is 0. The number of hydrogen-bond acceptors (Lipinski definition) is 3. The molecule has 0 saturated carbocycles. The molecule has 0 amide bonds. The van der Waals surface area contributed by atoms with Crippen molar-refractivity contribution in [3.63, 3.8) is 0 Å². The van der Waals surface area contributed by atoms with Gasteiger partial charge in [-0.15, -0.1) is 0 Å². The van der Waals surface area contributed by atoms with Crippen LogP contribution in [0.2, 0.25) is 0 Å². The molecule has 0 aliphatic rings. The fraction of sp³-hybridized carbons (Fsp3) is 0.0556. The van der Waals surface area contributed by atoms with Crippen molar-refractivity contribution in [2.75, 3.05) is 11.4 Å². The quantitative estimate of drug-likeness (QED) is 0.789. The molecular formula is C18H15NO4S. The number of rotatable bonds is 4. The summed E-state index contributed by atoms with van der Waals surface area (Å²) in [5, 5.41) is 11.0. The summed E-state index contributed by atoms with van der Waals surface area (Å²) >= 11 is 0. The molecule has 5 nitrogen and oxygen atoms in total. The van der Waals surface area contributed by atoms with E-state index >= 15 is 0 Å². The monoisotopic (exact) mass is 341 g/mol. The molecule has 0 heterocycles. The van der Waals surface area contributed by atoms with Crippen LogP contribution in [0.4, 0.5) is 5.69 Å². The molecule has 6 heteroatoms. The standard InChI is InChI=1S/C18H15NO4S/c1-19(16-10-9-13-5-2-3-6-14(13)11-16)24(22,23)17-8-4-7-15(12-17)18(20)21/h2-12H,1H3,(H,20,21). The molecule has 0 aliphatic carbocycles. The third-order valence-electron chi connectivity index (χ3n) is 3.84. The second-order valence-electron chi connectivity index (χ2n) is 5.34. The lowest BCUT2D eigenvalue weighted by Gasteiger charge is -2.20. The van der Waals surface area contributed by atoms with E-state index in [2.05, 4.69) is 0 Å². The van der Waals surface area contributed by atoms with E-state index in [0.29, 0.717) is 5.69 Å². The highest BCUT2D eigenvalue weighted by Gasteiger charge is 2.22. The van der Waals surface area contributed by atoms with E-state index in [0.717, 1.165) is 21.1 Å². The predicted molar refractivity (Wildman–Crippen MR) is 92.9 cm³/mol. The Bertz CT molecular complexity index is 1030. The van der Waals surface area contributed by atoms with Crippen molar-refractivity contribution in [1.29, 1.82) is 0 Å². The maximum absolute atomic E-state index is 12.8. The van der Waals surface area contributed by atoms with E-state index in [4.69, 9.17) is 5.11 Å². The molecule has 0 aliphatic heterocycles. The van der Waals surface area contributed by atoms with Gasteiger partial charge in [0.15, 0.2) is 0 Å². The lowest BCUT2D eigenvalue weighted by Crippen LogP contribution is -2.26. The summed E-state index contributed by atoms with van der Waals surface area (Å²) in [6, 6.07) is 18.3. The van der Waals surface area contributed by atoms with Crippen LogP contribution in [0.15, 0.2) is 71.6 Å². The van der Waals surface area contributed by atoms with Gasteiger partial charge >= 0.3 is 5.97 Å². The largest absolute Gasteiger partial charge is 0.478 e. The zero-order valence-electron chi connectivity index (χ0n) is 12.9. The molecule has 0 unspecified atom stereocenters. The number of anilines is 1. The van der Waals surface area contributed by atoms with Gasteiger partial charge in [-0.2, -0.15) is 0 Å². The van der Waals surface area contributed by atoms with E-state index in [1.54, 1.807) is 12.1 Å². The Labute approximate surface area is 139 Å². The molecule has 1 N–H and O–H groups in total. The van der Waals surface area contributed by atoms with Crippen LogP contribution >= 0.6 is 0 Å². The van der Waals surface area contributed by atoms with Gasteiger partial charge in [-0.05, 0) is 41.1 Å². The number of fused-ring (bicyclic) bond motifs is 1. The van der Waals surface area contributed by atoms with Crippen molar-refractivity contribution < 1.29 is 18.3 Å². The molecule has 0 fully saturated rings. The number of hydrogen-bond donors (Lipinski definition) is 1. The van der Waals surface area contributed by atoms with Gasteiger partial charge in [0.05, 0.1) is 16.1 Å². The van der Waals surface area contributed by atoms with Crippen LogP contribution < -0.4 is 4.31 Å². The van der Waals surface area contributed by atoms with Crippen LogP contribution in [0.25, 0.3) is 10.8 Å². The van der Waals surface area contributed by atoms with E-state index in [1.165, 1.54) is 25.2 Å². The number of nitrogens with zero attached hydrogens (tertiary/aromatic N) is 1. The molecule has 3 rings (SSSR count). The van der Waals surface area contributed by atoms with Crippen molar-refractivity contribution in [3.8, 4) is 0 Å². The molecule has 0 atom stereocenters. The first kappa shape index (κ1) is 16.0. The maximum atomic E-state index is 12.8. The van der Waals surface area contributed by atoms with Gasteiger partial charge in [0.2, 0.25) is 0 Å². The zero-order valence-corrected chi connectivity index (χ0v) is 13.7. The topological polar surface area (TPSA) is 74.7 Å². The van der Waals surface area contributed by atoms with Crippen molar-refractivity contribution in [2.24, 2.45) is 0 Å². The summed E-state index contributed by atoms with van der Waals surface area (Å²) in [4.78, 5) is 11.0. The van der Waals surface area contributed by atoms with E-state index in [-0.39, 0.29) is 10.5 Å². The Kier molecular flexibility index (Phi) is 3.99. The average molecular weight is 341 g/mol. The smallest absolute Gasteiger partial charge is 0.335 e. The van der Waals surface area contributed by atoms with Gasteiger partial charge in [0.1, 0.15) is 0 Å². The first-order valence-corrected chi connectivity index (χ1v) is 8.65. The summed E-state index contributed by atoms with van der Waals surface area (Å²) in [7, 11) is -2.40. The molecule has 3 aromatic carbocycles. The zero-order chi connectivity index (χ0) is 17.3. The van der Waals surface area contributed by atoms with Crippen molar-refractivity contribution in [3.05, 3.63) is 72.3 Å². The Morgan fingerprint density at radius 1 is 0.917 bits per heavy atom. The van der Waals surface area contributed by atoms with Crippen LogP contribution in [0.5, 0.6) is 0 Å². The summed E-state index contributed by atoms with van der Waals surface area (Å²) in [6.07, 6.45) is 0. The van der Waals surface area contributed by atoms with Crippen LogP contribution in [0.1, 0.15) is 10.4 Å². The minimum absolute atomic E-state index is 0.0574. The molecule has 3 aromatic rings. The van der Waals surface area contributed by atoms with Crippen molar-refractivity contribution in [2.45, 2.75) is 4.90 Å². The molecule has 122 valence electrons. The highest BCUT2D eigenvalue weighted by Crippen LogP contribution is 2.26. The Balaban J connectivity index is 2.04. The first-order chi connectivity index (χ1) is 11.4. The number of carboxylic acid groups (broad SMARTS) is 1. The molecular weight excluding hydrogens is 326 g/mol. The number of carbonyl (C=O) groups is 1. The highest BCUT2D eigenvalue weighted by atomic mass is 32.2. The molecule has 0 radical (unpaired) electrons. The minimum atomic E-state index is -3.85. The third-order valence-corrected chi connectivity index (χ3v) is 5.62. The van der Waals surface area contributed by atoms with E-state index < -0.39 is 16.0 Å². The number of sulfonamides is 1. The van der Waals surface area contributed by atoms with Crippen LogP contribution in [-0.4, -0.2) is 26.5 Å². The molecule has 0 saturated heterocycles. The molecule has 0 bridgehead atoms. The van der Waals surface area contributed by atoms with Crippen LogP contribution in [0.3, 0.4) is 0 Å². The fourth-order valence-electron chi connectivity index (χ4n) is 2.46. The van der Waals surface area contributed by atoms with Gasteiger partial charge in [-0.3, -0.25) is 4.31 Å². The fourth-order valence-corrected chi connectivity index (χ4v) is 3.69. The van der Waals surface area contributed by atoms with Gasteiger partial charge in [0, 0.05) is 7.05 Å². The highest BCUT2D eigenvalue weighted by molar-refractivity contribution is 7.92. The third kappa shape index (κ3) is 2.83. The first-order valence-electron chi connectivity index (χ1n) is 7.21. The number of benzene rings is 3. The van der Waals surface area contributed by atoms with E-state index in [1.807, 2.05) is 30.3 Å². The Morgan fingerprint density at radius 3 is 2.33 bits per heavy atom. The molecule has 24 heavy (non-hydrogen) atoms. The van der Waals surface area contributed by atoms with E-state index in [9.17, 15) is 13.2 Å². The van der Waals surface area contributed by atoms with Crippen LogP contribution in [-0.2, 0) is 10.0 Å². The normalized spacial score (nSPS) is 11.4. The summed E-state index contributed by atoms with van der Waals surface area (Å²) in [5.41, 5.74) is 0.442. The summed E-state index contributed by atoms with van der Waals surface area (Å²) < 4.78 is 26.7. The lowest BCUT2D eigenvalue weighted by atomic mass is 10.1. The SMILES string of the molecule is CN(c1ccc2ccccc2c1)S(=O)(=O)c1cccc(C(=O)O)c1. The summed E-state index contributed by atoms with van der Waals surface area (Å²) in [5.74, 6) is -1.17. The van der Waals surface area contributed by atoms with Gasteiger partial charge < -0.3 is 5.11 Å². The van der Waals surface area contributed by atoms with Crippen LogP contribution in [0, 0.1) is 0 Å². The lowest BCUT2D eigenvalue weighted by molar-refractivity contribution is 0.0696. The van der Waals surface area contributed by atoms with Gasteiger partial charge in [-0.25, -0.2) is 13.2 Å². The predicted octanol–water partition coefficient (Wildman–Crippen LogP) is 3.36. The van der Waals surface area contributed by atoms with Gasteiger partial charge in [-0.1, -0.05) is 36.4 Å². The average Bonchev–Trinajstić information content (AvgIpc) is 2.60. The van der Waals surface area contributed by atoms with Gasteiger partial charge in [0.25, 0.3) is 10.0 Å². The second-order valence-corrected chi connectivity index (χ2v) is 7.31. The van der Waals surface area contributed by atoms with Crippen molar-refractivity contribution >= 4 is 32.5 Å². The Hall–Kier alpha value is -2.86. The maximum Gasteiger partial charge on any atom is 0.335 e. The minimum Gasteiger partial charge on any atom is -0.478 e. The molecule has 0 aromatic heterocycles. The second kappa shape index (κ2) is 5.98. The Morgan fingerprint density at radius 2 is 1.62 bits per heavy atom. The van der Waals surface area contributed by atoms with Crippen molar-refractivity contribution in [1.82, 2.24) is 0 Å².